The molecule has 0 bridgehead atoms. The van der Waals surface area contributed by atoms with Crippen molar-refractivity contribution < 1.29 is 14.7 Å². The molecule has 1 aromatic heterocycles. The summed E-state index contributed by atoms with van der Waals surface area (Å²) in [5.74, 6) is -1.53. The largest absolute Gasteiger partial charge is 0.480 e. The molecule has 1 unspecified atom stereocenters. The lowest BCUT2D eigenvalue weighted by atomic mass is 9.95. The van der Waals surface area contributed by atoms with Crippen LogP contribution in [0, 0.1) is 5.92 Å². The van der Waals surface area contributed by atoms with Crippen LogP contribution in [0.25, 0.3) is 0 Å². The lowest BCUT2D eigenvalue weighted by Gasteiger charge is -2.26. The maximum atomic E-state index is 12.0. The van der Waals surface area contributed by atoms with E-state index >= 15 is 0 Å². The van der Waals surface area contributed by atoms with Crippen molar-refractivity contribution in [3.8, 4) is 0 Å². The number of nitrogens with zero attached hydrogens (tertiary/aromatic N) is 1. The zero-order chi connectivity index (χ0) is 13.3. The fourth-order valence-electron chi connectivity index (χ4n) is 1.85. The lowest BCUT2D eigenvalue weighted by Crippen LogP contribution is -2.54. The number of halogens is 1. The van der Waals surface area contributed by atoms with Crippen LogP contribution < -0.4 is 5.32 Å². The van der Waals surface area contributed by atoms with Gasteiger partial charge in [-0.3, -0.25) is 9.78 Å². The van der Waals surface area contributed by atoms with E-state index in [9.17, 15) is 14.7 Å². The molecule has 1 atom stereocenters. The molecular formula is C12H13ClN2O3. The maximum Gasteiger partial charge on any atom is 0.329 e. The fraction of sp³-hybridized carbons (Fsp3) is 0.417. The third kappa shape index (κ3) is 2.31. The fourth-order valence-corrected chi connectivity index (χ4v) is 2.06. The zero-order valence-corrected chi connectivity index (χ0v) is 10.6. The summed E-state index contributed by atoms with van der Waals surface area (Å²) in [6, 6.07) is 1.47. The molecule has 0 saturated heterocycles. The van der Waals surface area contributed by atoms with Gasteiger partial charge >= 0.3 is 5.97 Å². The second-order valence-corrected chi connectivity index (χ2v) is 5.00. The van der Waals surface area contributed by atoms with E-state index in [4.69, 9.17) is 11.6 Å². The van der Waals surface area contributed by atoms with Crippen molar-refractivity contribution in [2.75, 3.05) is 0 Å². The van der Waals surface area contributed by atoms with Gasteiger partial charge in [0.05, 0.1) is 10.6 Å². The van der Waals surface area contributed by atoms with Gasteiger partial charge in [0.2, 0.25) is 0 Å². The molecule has 1 heterocycles. The van der Waals surface area contributed by atoms with Crippen LogP contribution in [0.1, 0.15) is 30.1 Å². The highest BCUT2D eigenvalue weighted by Crippen LogP contribution is 2.40. The minimum atomic E-state index is -1.23. The Balaban J connectivity index is 2.20. The van der Waals surface area contributed by atoms with Gasteiger partial charge in [0.15, 0.2) is 0 Å². The number of nitrogens with one attached hydrogen (secondary N) is 1. The summed E-state index contributed by atoms with van der Waals surface area (Å²) in [6.07, 6.45) is 4.42. The summed E-state index contributed by atoms with van der Waals surface area (Å²) in [4.78, 5) is 27.1. The summed E-state index contributed by atoms with van der Waals surface area (Å²) < 4.78 is 0. The number of aliphatic carboxylic acids is 1. The van der Waals surface area contributed by atoms with Gasteiger partial charge in [-0.2, -0.15) is 0 Å². The van der Waals surface area contributed by atoms with Crippen LogP contribution in [0.4, 0.5) is 0 Å². The molecule has 2 N–H and O–H groups in total. The third-order valence-corrected chi connectivity index (χ3v) is 3.53. The van der Waals surface area contributed by atoms with Crippen LogP contribution >= 0.6 is 11.6 Å². The van der Waals surface area contributed by atoms with Crippen molar-refractivity contribution >= 4 is 23.5 Å². The predicted octanol–water partition coefficient (Wildman–Crippen LogP) is 1.72. The van der Waals surface area contributed by atoms with Gasteiger partial charge in [-0.25, -0.2) is 4.79 Å². The number of carboxylic acids is 1. The molecule has 0 aliphatic heterocycles. The topological polar surface area (TPSA) is 79.3 Å². The molecule has 1 aliphatic carbocycles. The monoisotopic (exact) mass is 268 g/mol. The first-order chi connectivity index (χ1) is 8.45. The summed E-state index contributed by atoms with van der Waals surface area (Å²) >= 11 is 5.85. The highest BCUT2D eigenvalue weighted by atomic mass is 35.5. The van der Waals surface area contributed by atoms with Crippen molar-refractivity contribution in [1.82, 2.24) is 10.3 Å². The zero-order valence-electron chi connectivity index (χ0n) is 9.81. The number of carboxylic acid groups (broad SMARTS) is 1. The molecule has 1 aromatic rings. The Morgan fingerprint density at radius 1 is 1.56 bits per heavy atom. The van der Waals surface area contributed by atoms with Crippen molar-refractivity contribution in [3.05, 3.63) is 29.0 Å². The number of hydrogen-bond acceptors (Lipinski definition) is 3. The Bertz CT molecular complexity index is 502. The van der Waals surface area contributed by atoms with Crippen molar-refractivity contribution in [3.63, 3.8) is 0 Å². The summed E-state index contributed by atoms with van der Waals surface area (Å²) in [7, 11) is 0. The standard InChI is InChI=1S/C12H13ClN2O3/c1-12(11(17)18,7-2-3-7)15-10(16)8-4-5-14-6-9(8)13/h4-7H,2-3H2,1H3,(H,15,16)(H,17,18). The van der Waals surface area contributed by atoms with Crippen LogP contribution in [0.5, 0.6) is 0 Å². The van der Waals surface area contributed by atoms with E-state index in [1.165, 1.54) is 25.4 Å². The summed E-state index contributed by atoms with van der Waals surface area (Å²) in [5, 5.41) is 12.0. The lowest BCUT2D eigenvalue weighted by molar-refractivity contribution is -0.144. The molecule has 18 heavy (non-hydrogen) atoms. The first-order valence-corrected chi connectivity index (χ1v) is 5.98. The normalized spacial score (nSPS) is 17.9. The van der Waals surface area contributed by atoms with Gasteiger partial charge in [0.25, 0.3) is 5.91 Å². The van der Waals surface area contributed by atoms with E-state index in [0.29, 0.717) is 0 Å². The van der Waals surface area contributed by atoms with Crippen LogP contribution in [0.15, 0.2) is 18.5 Å². The second kappa shape index (κ2) is 4.57. The number of amides is 1. The Hall–Kier alpha value is -1.62. The van der Waals surface area contributed by atoms with Crippen LogP contribution in [0.3, 0.4) is 0 Å². The number of carbonyl (C=O) groups is 2. The SMILES string of the molecule is CC(NC(=O)c1ccncc1Cl)(C(=O)O)C1CC1. The molecule has 0 radical (unpaired) electrons. The van der Waals surface area contributed by atoms with Crippen molar-refractivity contribution in [2.45, 2.75) is 25.3 Å². The average molecular weight is 269 g/mol. The molecule has 0 spiro atoms. The minimum absolute atomic E-state index is 0.0143. The number of rotatable bonds is 4. The quantitative estimate of drug-likeness (QED) is 0.871. The molecule has 6 heteroatoms. The van der Waals surface area contributed by atoms with Gasteiger partial charge in [-0.1, -0.05) is 11.6 Å². The van der Waals surface area contributed by atoms with E-state index < -0.39 is 17.4 Å². The number of hydrogen-bond donors (Lipinski definition) is 2. The van der Waals surface area contributed by atoms with E-state index in [-0.39, 0.29) is 16.5 Å². The van der Waals surface area contributed by atoms with Crippen LogP contribution in [0.2, 0.25) is 5.02 Å². The Morgan fingerprint density at radius 3 is 2.72 bits per heavy atom. The molecule has 1 fully saturated rings. The number of pyridine rings is 1. The summed E-state index contributed by atoms with van der Waals surface area (Å²) in [5.41, 5.74) is -0.997. The number of carbonyl (C=O) groups excluding carboxylic acids is 1. The third-order valence-electron chi connectivity index (χ3n) is 3.23. The molecular weight excluding hydrogens is 256 g/mol. The van der Waals surface area contributed by atoms with Gasteiger partial charge in [0, 0.05) is 12.4 Å². The van der Waals surface area contributed by atoms with Crippen LogP contribution in [-0.2, 0) is 4.79 Å². The van der Waals surface area contributed by atoms with Crippen molar-refractivity contribution in [2.24, 2.45) is 5.92 Å². The summed E-state index contributed by atoms with van der Waals surface area (Å²) in [6.45, 7) is 1.53. The molecule has 0 aromatic carbocycles. The second-order valence-electron chi connectivity index (χ2n) is 4.59. The molecule has 1 saturated carbocycles. The van der Waals surface area contributed by atoms with Gasteiger partial charge < -0.3 is 10.4 Å². The molecule has 1 amide bonds. The van der Waals surface area contributed by atoms with E-state index in [2.05, 4.69) is 10.3 Å². The molecule has 5 nitrogen and oxygen atoms in total. The number of aromatic nitrogens is 1. The highest BCUT2D eigenvalue weighted by molar-refractivity contribution is 6.33. The van der Waals surface area contributed by atoms with E-state index in [0.717, 1.165) is 12.8 Å². The average Bonchev–Trinajstić information content (AvgIpc) is 3.13. The molecule has 96 valence electrons. The first kappa shape index (κ1) is 12.8. The highest BCUT2D eigenvalue weighted by Gasteiger charge is 2.48. The minimum Gasteiger partial charge on any atom is -0.480 e. The molecule has 1 aliphatic rings. The van der Waals surface area contributed by atoms with Crippen molar-refractivity contribution in [1.29, 1.82) is 0 Å². The first-order valence-electron chi connectivity index (χ1n) is 5.60. The predicted molar refractivity (Wildman–Crippen MR) is 65.5 cm³/mol. The smallest absolute Gasteiger partial charge is 0.329 e. The van der Waals surface area contributed by atoms with E-state index in [1.807, 2.05) is 0 Å². The van der Waals surface area contributed by atoms with Gasteiger partial charge in [-0.15, -0.1) is 0 Å². The Kier molecular flexibility index (Phi) is 3.26. The van der Waals surface area contributed by atoms with Crippen LogP contribution in [-0.4, -0.2) is 27.5 Å². The molecule has 2 rings (SSSR count). The van der Waals surface area contributed by atoms with E-state index in [1.54, 1.807) is 0 Å². The Labute approximate surface area is 109 Å². The maximum absolute atomic E-state index is 12.0. The van der Waals surface area contributed by atoms with Gasteiger partial charge in [-0.05, 0) is 31.7 Å². The Morgan fingerprint density at radius 2 is 2.22 bits per heavy atom. The van der Waals surface area contributed by atoms with Gasteiger partial charge in [0.1, 0.15) is 5.54 Å².